The van der Waals surface area contributed by atoms with Crippen molar-refractivity contribution in [2.24, 2.45) is 0 Å². The average Bonchev–Trinajstić information content (AvgIpc) is 3.28. The van der Waals surface area contributed by atoms with Gasteiger partial charge in [0.25, 0.3) is 0 Å². The molecule has 0 saturated heterocycles. The van der Waals surface area contributed by atoms with Crippen LogP contribution < -0.4 is 15.4 Å². The predicted molar refractivity (Wildman–Crippen MR) is 138 cm³/mol. The van der Waals surface area contributed by atoms with Crippen LogP contribution >= 0.6 is 23.4 Å². The molecule has 4 aromatic rings. The zero-order chi connectivity index (χ0) is 24.8. The summed E-state index contributed by atoms with van der Waals surface area (Å²) in [4.78, 5) is 23.8. The summed E-state index contributed by atoms with van der Waals surface area (Å²) in [7, 11) is 1.60. The molecule has 3 aromatic carbocycles. The largest absolute Gasteiger partial charge is 0.496 e. The van der Waals surface area contributed by atoms with Crippen LogP contribution in [-0.4, -0.2) is 39.4 Å². The standard InChI is InChI=1S/C25H22ClN5O3S/c1-16(32)27-18-9-11-19(12-10-18)28-23(33)15-35-25-30-29-24(21-5-3-4-6-22(21)34-2)31(25)20-13-7-17(26)8-14-20/h3-14H,15H2,1-2H3,(H,27,32)(H,28,33). The van der Waals surface area contributed by atoms with Crippen LogP contribution in [0, 0.1) is 0 Å². The van der Waals surface area contributed by atoms with Crippen LogP contribution in [0.5, 0.6) is 5.75 Å². The Labute approximate surface area is 211 Å². The molecule has 178 valence electrons. The van der Waals surface area contributed by atoms with E-state index in [-0.39, 0.29) is 17.6 Å². The monoisotopic (exact) mass is 507 g/mol. The van der Waals surface area contributed by atoms with E-state index < -0.39 is 0 Å². The van der Waals surface area contributed by atoms with Gasteiger partial charge in [-0.15, -0.1) is 10.2 Å². The number of methoxy groups -OCH3 is 1. The number of carbonyl (C=O) groups excluding carboxylic acids is 2. The van der Waals surface area contributed by atoms with E-state index in [1.165, 1.54) is 18.7 Å². The zero-order valence-electron chi connectivity index (χ0n) is 19.0. The van der Waals surface area contributed by atoms with E-state index in [9.17, 15) is 9.59 Å². The first-order chi connectivity index (χ1) is 16.9. The van der Waals surface area contributed by atoms with Gasteiger partial charge < -0.3 is 15.4 Å². The number of carbonyl (C=O) groups is 2. The highest BCUT2D eigenvalue weighted by Gasteiger charge is 2.20. The maximum atomic E-state index is 12.6. The number of benzene rings is 3. The van der Waals surface area contributed by atoms with Gasteiger partial charge in [0.05, 0.1) is 18.4 Å². The van der Waals surface area contributed by atoms with Crippen LogP contribution in [0.3, 0.4) is 0 Å². The Morgan fingerprint density at radius 3 is 2.26 bits per heavy atom. The molecule has 2 amide bonds. The molecule has 0 saturated carbocycles. The maximum absolute atomic E-state index is 12.6. The van der Waals surface area contributed by atoms with Gasteiger partial charge in [-0.05, 0) is 60.7 Å². The third-order valence-corrected chi connectivity index (χ3v) is 6.07. The second-order valence-electron chi connectivity index (χ2n) is 7.41. The molecule has 35 heavy (non-hydrogen) atoms. The Kier molecular flexibility index (Phi) is 7.69. The topological polar surface area (TPSA) is 98.1 Å². The molecule has 0 unspecified atom stereocenters. The fourth-order valence-corrected chi connectivity index (χ4v) is 4.24. The highest BCUT2D eigenvalue weighted by Crippen LogP contribution is 2.33. The lowest BCUT2D eigenvalue weighted by atomic mass is 10.2. The number of rotatable bonds is 8. The Balaban J connectivity index is 1.55. The van der Waals surface area contributed by atoms with Crippen molar-refractivity contribution in [2.75, 3.05) is 23.5 Å². The molecule has 0 bridgehead atoms. The fourth-order valence-electron chi connectivity index (χ4n) is 3.36. The third-order valence-electron chi connectivity index (χ3n) is 4.89. The van der Waals surface area contributed by atoms with Crippen LogP contribution in [-0.2, 0) is 9.59 Å². The third kappa shape index (κ3) is 6.00. The van der Waals surface area contributed by atoms with E-state index in [4.69, 9.17) is 16.3 Å². The van der Waals surface area contributed by atoms with Crippen LogP contribution in [0.25, 0.3) is 17.1 Å². The molecule has 1 aromatic heterocycles. The van der Waals surface area contributed by atoms with Gasteiger partial charge in [-0.1, -0.05) is 35.5 Å². The first-order valence-electron chi connectivity index (χ1n) is 10.6. The second kappa shape index (κ2) is 11.1. The number of aromatic nitrogens is 3. The quantitative estimate of drug-likeness (QED) is 0.315. The lowest BCUT2D eigenvalue weighted by molar-refractivity contribution is -0.114. The van der Waals surface area contributed by atoms with Crippen LogP contribution in [0.1, 0.15) is 6.92 Å². The molecule has 0 aliphatic rings. The van der Waals surface area contributed by atoms with E-state index >= 15 is 0 Å². The Bertz CT molecular complexity index is 1340. The number of amides is 2. The van der Waals surface area contributed by atoms with E-state index in [2.05, 4.69) is 20.8 Å². The number of para-hydroxylation sites is 1. The van der Waals surface area contributed by atoms with Crippen molar-refractivity contribution in [1.29, 1.82) is 0 Å². The van der Waals surface area contributed by atoms with Crippen molar-refractivity contribution in [3.05, 3.63) is 77.8 Å². The Hall–Kier alpha value is -3.82. The van der Waals surface area contributed by atoms with Gasteiger partial charge in [-0.3, -0.25) is 14.2 Å². The van der Waals surface area contributed by atoms with Crippen molar-refractivity contribution in [3.63, 3.8) is 0 Å². The number of thioether (sulfide) groups is 1. The first kappa shape index (κ1) is 24.3. The number of nitrogens with zero attached hydrogens (tertiary/aromatic N) is 3. The number of halogens is 1. The van der Waals surface area contributed by atoms with Crippen molar-refractivity contribution in [3.8, 4) is 22.8 Å². The molecule has 0 aliphatic carbocycles. The van der Waals surface area contributed by atoms with Gasteiger partial charge in [-0.25, -0.2) is 0 Å². The minimum Gasteiger partial charge on any atom is -0.496 e. The number of anilines is 2. The predicted octanol–water partition coefficient (Wildman–Crippen LogP) is 5.29. The summed E-state index contributed by atoms with van der Waals surface area (Å²) >= 11 is 7.35. The summed E-state index contributed by atoms with van der Waals surface area (Å²) in [5, 5.41) is 15.4. The molecule has 0 aliphatic heterocycles. The summed E-state index contributed by atoms with van der Waals surface area (Å²) in [6.07, 6.45) is 0. The summed E-state index contributed by atoms with van der Waals surface area (Å²) < 4.78 is 7.39. The average molecular weight is 508 g/mol. The van der Waals surface area contributed by atoms with Gasteiger partial charge >= 0.3 is 0 Å². The highest BCUT2D eigenvalue weighted by molar-refractivity contribution is 7.99. The molecule has 2 N–H and O–H groups in total. The van der Waals surface area contributed by atoms with Gasteiger partial charge in [-0.2, -0.15) is 0 Å². The number of nitrogens with one attached hydrogen (secondary N) is 2. The summed E-state index contributed by atoms with van der Waals surface area (Å²) in [5.74, 6) is 1.00. The number of ether oxygens (including phenoxy) is 1. The molecule has 0 spiro atoms. The van der Waals surface area contributed by atoms with Gasteiger partial charge in [0.1, 0.15) is 5.75 Å². The van der Waals surface area contributed by atoms with E-state index in [1.807, 2.05) is 41.0 Å². The molecule has 0 radical (unpaired) electrons. The van der Waals surface area contributed by atoms with Crippen molar-refractivity contribution in [1.82, 2.24) is 14.8 Å². The van der Waals surface area contributed by atoms with Crippen LogP contribution in [0.4, 0.5) is 11.4 Å². The molecular weight excluding hydrogens is 486 g/mol. The zero-order valence-corrected chi connectivity index (χ0v) is 20.6. The molecule has 10 heteroatoms. The van der Waals surface area contributed by atoms with Crippen molar-refractivity contribution >= 4 is 46.6 Å². The van der Waals surface area contributed by atoms with Gasteiger partial charge in [0, 0.05) is 29.0 Å². The lowest BCUT2D eigenvalue weighted by Crippen LogP contribution is -2.14. The Morgan fingerprint density at radius 1 is 0.943 bits per heavy atom. The molecule has 0 atom stereocenters. The molecule has 0 fully saturated rings. The van der Waals surface area contributed by atoms with E-state index in [0.29, 0.717) is 33.1 Å². The summed E-state index contributed by atoms with van der Waals surface area (Å²) in [5.41, 5.74) is 2.85. The normalized spacial score (nSPS) is 10.6. The summed E-state index contributed by atoms with van der Waals surface area (Å²) in [6.45, 7) is 1.44. The minimum atomic E-state index is -0.202. The van der Waals surface area contributed by atoms with Crippen LogP contribution in [0.15, 0.2) is 78.0 Å². The van der Waals surface area contributed by atoms with E-state index in [1.54, 1.807) is 43.5 Å². The minimum absolute atomic E-state index is 0.116. The summed E-state index contributed by atoms with van der Waals surface area (Å²) in [6, 6.07) is 21.7. The molecule has 4 rings (SSSR count). The SMILES string of the molecule is COc1ccccc1-c1nnc(SCC(=O)Nc2ccc(NC(C)=O)cc2)n1-c1ccc(Cl)cc1. The van der Waals surface area contributed by atoms with Crippen LogP contribution in [0.2, 0.25) is 5.02 Å². The fraction of sp³-hybridized carbons (Fsp3) is 0.120. The smallest absolute Gasteiger partial charge is 0.234 e. The Morgan fingerprint density at radius 2 is 1.60 bits per heavy atom. The maximum Gasteiger partial charge on any atom is 0.234 e. The van der Waals surface area contributed by atoms with Crippen molar-refractivity contribution < 1.29 is 14.3 Å². The van der Waals surface area contributed by atoms with Gasteiger partial charge in [0.15, 0.2) is 11.0 Å². The molecule has 1 heterocycles. The molecular formula is C25H22ClN5O3S. The molecule has 8 nitrogen and oxygen atoms in total. The van der Waals surface area contributed by atoms with E-state index in [0.717, 1.165) is 11.3 Å². The van der Waals surface area contributed by atoms with Crippen molar-refractivity contribution in [2.45, 2.75) is 12.1 Å². The second-order valence-corrected chi connectivity index (χ2v) is 8.79. The number of hydrogen-bond donors (Lipinski definition) is 2. The van der Waals surface area contributed by atoms with Gasteiger partial charge in [0.2, 0.25) is 11.8 Å². The lowest BCUT2D eigenvalue weighted by Gasteiger charge is -2.12. The number of hydrogen-bond acceptors (Lipinski definition) is 6. The highest BCUT2D eigenvalue weighted by atomic mass is 35.5. The first-order valence-corrected chi connectivity index (χ1v) is 12.0.